The summed E-state index contributed by atoms with van der Waals surface area (Å²) in [7, 11) is 0. The molecule has 3 heteroatoms. The van der Waals surface area contributed by atoms with Crippen LogP contribution >= 0.6 is 11.3 Å². The third-order valence-corrected chi connectivity index (χ3v) is 4.76. The molecular weight excluding hydrogens is 230 g/mol. The minimum Gasteiger partial charge on any atom is -0.394 e. The van der Waals surface area contributed by atoms with Gasteiger partial charge in [0.25, 0.3) is 0 Å². The summed E-state index contributed by atoms with van der Waals surface area (Å²) < 4.78 is 0. The summed E-state index contributed by atoms with van der Waals surface area (Å²) in [5.41, 5.74) is 1.41. The molecule has 0 unspecified atom stereocenters. The highest BCUT2D eigenvalue weighted by atomic mass is 32.1. The van der Waals surface area contributed by atoms with Crippen molar-refractivity contribution in [1.29, 1.82) is 0 Å². The fourth-order valence-corrected chi connectivity index (χ4v) is 3.32. The van der Waals surface area contributed by atoms with E-state index in [2.05, 4.69) is 29.1 Å². The first kappa shape index (κ1) is 13.1. The Morgan fingerprint density at radius 1 is 1.47 bits per heavy atom. The van der Waals surface area contributed by atoms with Gasteiger partial charge in [-0.25, -0.2) is 0 Å². The SMILES string of the molecule is CC1CCC(CO)(NCCc2ccsc2)CC1. The van der Waals surface area contributed by atoms with E-state index >= 15 is 0 Å². The van der Waals surface area contributed by atoms with Crippen molar-refractivity contribution in [3.05, 3.63) is 22.4 Å². The summed E-state index contributed by atoms with van der Waals surface area (Å²) in [6.45, 7) is 3.57. The van der Waals surface area contributed by atoms with E-state index in [4.69, 9.17) is 0 Å². The molecule has 0 aromatic carbocycles. The van der Waals surface area contributed by atoms with Crippen molar-refractivity contribution in [2.24, 2.45) is 5.92 Å². The molecule has 2 rings (SSSR count). The van der Waals surface area contributed by atoms with E-state index in [9.17, 15) is 5.11 Å². The normalized spacial score (nSPS) is 29.4. The van der Waals surface area contributed by atoms with Gasteiger partial charge < -0.3 is 10.4 Å². The molecule has 2 nitrogen and oxygen atoms in total. The number of aliphatic hydroxyl groups excluding tert-OH is 1. The maximum Gasteiger partial charge on any atom is 0.0613 e. The van der Waals surface area contributed by atoms with Crippen LogP contribution in [0.4, 0.5) is 0 Å². The molecule has 1 heterocycles. The zero-order valence-electron chi connectivity index (χ0n) is 10.6. The highest BCUT2D eigenvalue weighted by Crippen LogP contribution is 2.31. The van der Waals surface area contributed by atoms with Gasteiger partial charge in [0.1, 0.15) is 0 Å². The summed E-state index contributed by atoms with van der Waals surface area (Å²) in [5.74, 6) is 0.827. The lowest BCUT2D eigenvalue weighted by atomic mass is 9.77. The lowest BCUT2D eigenvalue weighted by molar-refractivity contribution is 0.106. The van der Waals surface area contributed by atoms with Crippen LogP contribution in [0.15, 0.2) is 16.8 Å². The Labute approximate surface area is 108 Å². The molecular formula is C14H23NOS. The van der Waals surface area contributed by atoms with Crippen molar-refractivity contribution < 1.29 is 5.11 Å². The van der Waals surface area contributed by atoms with E-state index in [-0.39, 0.29) is 12.1 Å². The molecule has 0 bridgehead atoms. The Balaban J connectivity index is 1.79. The second-order valence-corrected chi connectivity index (χ2v) is 6.21. The Kier molecular flexibility index (Phi) is 4.60. The molecule has 17 heavy (non-hydrogen) atoms. The van der Waals surface area contributed by atoms with Crippen molar-refractivity contribution >= 4 is 11.3 Å². The Morgan fingerprint density at radius 2 is 2.24 bits per heavy atom. The van der Waals surface area contributed by atoms with Gasteiger partial charge in [-0.2, -0.15) is 11.3 Å². The van der Waals surface area contributed by atoms with E-state index in [1.807, 2.05) is 0 Å². The zero-order valence-corrected chi connectivity index (χ0v) is 11.4. The summed E-state index contributed by atoms with van der Waals surface area (Å²) in [6, 6.07) is 2.18. The first-order valence-corrected chi connectivity index (χ1v) is 7.55. The van der Waals surface area contributed by atoms with Crippen LogP contribution in [0.25, 0.3) is 0 Å². The van der Waals surface area contributed by atoms with Gasteiger partial charge in [0.15, 0.2) is 0 Å². The van der Waals surface area contributed by atoms with Crippen LogP contribution in [0.1, 0.15) is 38.2 Å². The number of hydrogen-bond acceptors (Lipinski definition) is 3. The number of rotatable bonds is 5. The molecule has 0 aliphatic heterocycles. The Bertz CT molecular complexity index is 315. The minimum absolute atomic E-state index is 0.00251. The maximum absolute atomic E-state index is 9.62. The topological polar surface area (TPSA) is 32.3 Å². The summed E-state index contributed by atoms with van der Waals surface area (Å²) in [4.78, 5) is 0. The highest BCUT2D eigenvalue weighted by Gasteiger charge is 2.32. The Hall–Kier alpha value is -0.380. The molecule has 0 saturated heterocycles. The molecule has 1 aromatic rings. The van der Waals surface area contributed by atoms with Gasteiger partial charge in [-0.05, 0) is 67.0 Å². The molecule has 0 spiro atoms. The van der Waals surface area contributed by atoms with Crippen molar-refractivity contribution in [2.45, 2.75) is 44.6 Å². The van der Waals surface area contributed by atoms with E-state index in [1.54, 1.807) is 11.3 Å². The number of nitrogens with one attached hydrogen (secondary N) is 1. The predicted molar refractivity (Wildman–Crippen MR) is 73.5 cm³/mol. The van der Waals surface area contributed by atoms with Crippen LogP contribution in [0.2, 0.25) is 0 Å². The number of thiophene rings is 1. The van der Waals surface area contributed by atoms with Gasteiger partial charge in [-0.15, -0.1) is 0 Å². The predicted octanol–water partition coefficient (Wildman–Crippen LogP) is 2.82. The van der Waals surface area contributed by atoms with E-state index in [0.717, 1.165) is 31.7 Å². The molecule has 1 aliphatic rings. The average Bonchev–Trinajstić information content (AvgIpc) is 2.85. The molecule has 1 aromatic heterocycles. The van der Waals surface area contributed by atoms with Crippen molar-refractivity contribution in [3.63, 3.8) is 0 Å². The molecule has 1 saturated carbocycles. The quantitative estimate of drug-likeness (QED) is 0.846. The van der Waals surface area contributed by atoms with E-state index < -0.39 is 0 Å². The Morgan fingerprint density at radius 3 is 2.82 bits per heavy atom. The maximum atomic E-state index is 9.62. The molecule has 0 amide bonds. The molecule has 1 fully saturated rings. The van der Waals surface area contributed by atoms with E-state index in [0.29, 0.717) is 0 Å². The largest absolute Gasteiger partial charge is 0.394 e. The van der Waals surface area contributed by atoms with Crippen LogP contribution in [-0.2, 0) is 6.42 Å². The molecule has 1 aliphatic carbocycles. The van der Waals surface area contributed by atoms with Gasteiger partial charge in [-0.3, -0.25) is 0 Å². The van der Waals surface area contributed by atoms with Crippen molar-refractivity contribution in [2.75, 3.05) is 13.2 Å². The number of aliphatic hydroxyl groups is 1. The van der Waals surface area contributed by atoms with Crippen LogP contribution in [0.3, 0.4) is 0 Å². The third kappa shape index (κ3) is 3.54. The van der Waals surface area contributed by atoms with Gasteiger partial charge in [0.05, 0.1) is 6.61 Å². The molecule has 0 radical (unpaired) electrons. The van der Waals surface area contributed by atoms with Gasteiger partial charge in [0.2, 0.25) is 0 Å². The van der Waals surface area contributed by atoms with Gasteiger partial charge in [-0.1, -0.05) is 6.92 Å². The standard InChI is InChI=1S/C14H23NOS/c1-12-2-6-14(11-16,7-3-12)15-8-4-13-5-9-17-10-13/h5,9-10,12,15-16H,2-4,6-8,11H2,1H3. The second-order valence-electron chi connectivity index (χ2n) is 5.43. The molecule has 96 valence electrons. The van der Waals surface area contributed by atoms with Gasteiger partial charge >= 0.3 is 0 Å². The van der Waals surface area contributed by atoms with Crippen molar-refractivity contribution in [3.8, 4) is 0 Å². The van der Waals surface area contributed by atoms with Gasteiger partial charge in [0, 0.05) is 5.54 Å². The molecule has 2 N–H and O–H groups in total. The smallest absolute Gasteiger partial charge is 0.0613 e. The van der Waals surface area contributed by atoms with Crippen LogP contribution in [-0.4, -0.2) is 23.8 Å². The highest BCUT2D eigenvalue weighted by molar-refractivity contribution is 7.07. The summed E-state index contributed by atoms with van der Waals surface area (Å²) in [5, 5.41) is 17.6. The van der Waals surface area contributed by atoms with E-state index in [1.165, 1.54) is 18.4 Å². The monoisotopic (exact) mass is 253 g/mol. The summed E-state index contributed by atoms with van der Waals surface area (Å²) in [6.07, 6.45) is 5.79. The second kappa shape index (κ2) is 5.98. The lowest BCUT2D eigenvalue weighted by Crippen LogP contribution is -2.51. The first-order chi connectivity index (χ1) is 8.24. The van der Waals surface area contributed by atoms with Crippen LogP contribution in [0, 0.1) is 5.92 Å². The first-order valence-electron chi connectivity index (χ1n) is 6.61. The lowest BCUT2D eigenvalue weighted by Gasteiger charge is -2.39. The van der Waals surface area contributed by atoms with Crippen LogP contribution in [0.5, 0.6) is 0 Å². The third-order valence-electron chi connectivity index (χ3n) is 4.03. The van der Waals surface area contributed by atoms with Crippen molar-refractivity contribution in [1.82, 2.24) is 5.32 Å². The average molecular weight is 253 g/mol. The minimum atomic E-state index is 0.00251. The fourth-order valence-electron chi connectivity index (χ4n) is 2.61. The zero-order chi connectivity index (χ0) is 12.1. The summed E-state index contributed by atoms with van der Waals surface area (Å²) >= 11 is 1.75. The molecule has 0 atom stereocenters. The van der Waals surface area contributed by atoms with Crippen LogP contribution < -0.4 is 5.32 Å². The number of hydrogen-bond donors (Lipinski definition) is 2. The fraction of sp³-hybridized carbons (Fsp3) is 0.714.